The first-order valence-corrected chi connectivity index (χ1v) is 10.8. The molecule has 152 valence electrons. The molecule has 0 saturated carbocycles. The second kappa shape index (κ2) is 7.42. The number of benzene rings is 1. The van der Waals surface area contributed by atoms with Crippen LogP contribution in [0.1, 0.15) is 16.1 Å². The zero-order valence-electron chi connectivity index (χ0n) is 16.5. The van der Waals surface area contributed by atoms with E-state index in [-0.39, 0.29) is 11.9 Å². The zero-order chi connectivity index (χ0) is 20.0. The summed E-state index contributed by atoms with van der Waals surface area (Å²) in [7, 11) is 1.68. The summed E-state index contributed by atoms with van der Waals surface area (Å²) in [6.07, 6.45) is 0.714. The van der Waals surface area contributed by atoms with Gasteiger partial charge in [0.1, 0.15) is 5.82 Å². The zero-order valence-corrected chi connectivity index (χ0v) is 17.3. The van der Waals surface area contributed by atoms with Crippen LogP contribution in [0.25, 0.3) is 10.1 Å². The Morgan fingerprint density at radius 2 is 1.90 bits per heavy atom. The minimum absolute atomic E-state index is 0.0432. The lowest BCUT2D eigenvalue weighted by molar-refractivity contribution is 0.0715. The topological polar surface area (TPSA) is 44.6 Å². The number of amides is 1. The Balaban J connectivity index is 1.17. The molecular weight excluding hydrogens is 389 g/mol. The first kappa shape index (κ1) is 18.6. The lowest BCUT2D eigenvalue weighted by Gasteiger charge is -2.36. The van der Waals surface area contributed by atoms with E-state index in [2.05, 4.69) is 38.4 Å². The summed E-state index contributed by atoms with van der Waals surface area (Å²) in [6.45, 7) is 5.99. The Labute approximate surface area is 173 Å². The number of anilines is 1. The lowest BCUT2D eigenvalue weighted by Crippen LogP contribution is -2.49. The fraction of sp³-hybridized carbons (Fsp3) is 0.429. The number of carbonyl (C=O) groups is 1. The number of rotatable bonds is 4. The number of fused-ring (bicyclic) bond motifs is 2. The maximum atomic E-state index is 13.8. The number of hydrogen-bond acceptors (Lipinski definition) is 5. The molecule has 5 rings (SSSR count). The molecule has 1 saturated heterocycles. The third kappa shape index (κ3) is 3.30. The maximum absolute atomic E-state index is 13.8. The molecule has 0 spiro atoms. The molecule has 2 aliphatic heterocycles. The third-order valence-corrected chi connectivity index (χ3v) is 6.97. The van der Waals surface area contributed by atoms with Crippen molar-refractivity contribution in [1.29, 1.82) is 0 Å². The fourth-order valence-electron chi connectivity index (χ4n) is 4.37. The number of halogens is 1. The molecule has 0 N–H and O–H groups in total. The number of aromatic nitrogens is 2. The van der Waals surface area contributed by atoms with Crippen molar-refractivity contribution in [2.75, 3.05) is 50.7 Å². The smallest absolute Gasteiger partial charge is 0.255 e. The van der Waals surface area contributed by atoms with E-state index in [0.717, 1.165) is 44.2 Å². The summed E-state index contributed by atoms with van der Waals surface area (Å²) < 4.78 is 21.2. The van der Waals surface area contributed by atoms with E-state index in [9.17, 15) is 9.18 Å². The van der Waals surface area contributed by atoms with Gasteiger partial charge >= 0.3 is 0 Å². The summed E-state index contributed by atoms with van der Waals surface area (Å²) in [5.74, 6) is 0.712. The van der Waals surface area contributed by atoms with Gasteiger partial charge < -0.3 is 14.4 Å². The van der Waals surface area contributed by atoms with Gasteiger partial charge in [-0.1, -0.05) is 12.1 Å². The van der Waals surface area contributed by atoms with Gasteiger partial charge in [0.25, 0.3) is 5.91 Å². The highest BCUT2D eigenvalue weighted by atomic mass is 32.1. The number of hydrogen-bond donors (Lipinski definition) is 0. The van der Waals surface area contributed by atoms with Crippen molar-refractivity contribution in [1.82, 2.24) is 18.7 Å². The average Bonchev–Trinajstić information content (AvgIpc) is 3.30. The second-order valence-corrected chi connectivity index (χ2v) is 8.56. The summed E-state index contributed by atoms with van der Waals surface area (Å²) in [5, 5.41) is 1.23. The van der Waals surface area contributed by atoms with Crippen LogP contribution >= 0.6 is 11.5 Å². The largest absolute Gasteiger partial charge is 0.353 e. The predicted octanol–water partition coefficient (Wildman–Crippen LogP) is 2.59. The molecule has 0 aliphatic carbocycles. The minimum Gasteiger partial charge on any atom is -0.353 e. The minimum atomic E-state index is -0.337. The molecule has 1 fully saturated rings. The van der Waals surface area contributed by atoms with Crippen molar-refractivity contribution in [3.63, 3.8) is 0 Å². The van der Waals surface area contributed by atoms with Gasteiger partial charge in [-0.2, -0.15) is 8.76 Å². The summed E-state index contributed by atoms with van der Waals surface area (Å²) >= 11 is 1.56. The van der Waals surface area contributed by atoms with Crippen LogP contribution in [0.5, 0.6) is 0 Å². The van der Waals surface area contributed by atoms with Crippen LogP contribution in [0.2, 0.25) is 0 Å². The molecule has 2 aliphatic rings. The third-order valence-electron chi connectivity index (χ3n) is 6.15. The molecule has 1 amide bonds. The molecule has 6 nitrogen and oxygen atoms in total. The van der Waals surface area contributed by atoms with Crippen molar-refractivity contribution in [2.24, 2.45) is 7.05 Å². The molecule has 29 heavy (non-hydrogen) atoms. The van der Waals surface area contributed by atoms with Crippen LogP contribution in [-0.2, 0) is 13.5 Å². The monoisotopic (exact) mass is 413 g/mol. The number of carbonyl (C=O) groups excluding carboxylic acids is 1. The molecular formula is C21H24FN5OS. The normalized spacial score (nSPS) is 17.9. The van der Waals surface area contributed by atoms with Crippen LogP contribution < -0.4 is 4.90 Å². The second-order valence-electron chi connectivity index (χ2n) is 7.76. The Hall–Kier alpha value is -2.45. The average molecular weight is 414 g/mol. The van der Waals surface area contributed by atoms with Crippen molar-refractivity contribution in [2.45, 2.75) is 6.42 Å². The van der Waals surface area contributed by atoms with E-state index in [1.165, 1.54) is 20.7 Å². The first-order chi connectivity index (χ1) is 14.1. The van der Waals surface area contributed by atoms with E-state index >= 15 is 0 Å². The fourth-order valence-corrected chi connectivity index (χ4v) is 5.16. The number of nitrogens with zero attached hydrogens (tertiary/aromatic N) is 5. The van der Waals surface area contributed by atoms with Crippen LogP contribution in [0.4, 0.5) is 10.2 Å². The van der Waals surface area contributed by atoms with Crippen molar-refractivity contribution in [3.8, 4) is 0 Å². The van der Waals surface area contributed by atoms with Crippen LogP contribution in [-0.4, -0.2) is 70.5 Å². The van der Waals surface area contributed by atoms with Crippen LogP contribution in [0.15, 0.2) is 30.3 Å². The Bertz CT molecular complexity index is 1050. The highest BCUT2D eigenvalue weighted by molar-refractivity contribution is 7.13. The predicted molar refractivity (Wildman–Crippen MR) is 113 cm³/mol. The Morgan fingerprint density at radius 1 is 1.10 bits per heavy atom. The Kier molecular flexibility index (Phi) is 4.75. The van der Waals surface area contributed by atoms with Gasteiger partial charge in [-0.25, -0.2) is 0 Å². The highest BCUT2D eigenvalue weighted by Gasteiger charge is 2.29. The van der Waals surface area contributed by atoms with Crippen LogP contribution in [0.3, 0.4) is 0 Å². The summed E-state index contributed by atoms with van der Waals surface area (Å²) in [5.41, 5.74) is 1.34. The van der Waals surface area contributed by atoms with Gasteiger partial charge in [0, 0.05) is 76.4 Å². The van der Waals surface area contributed by atoms with E-state index in [1.54, 1.807) is 18.6 Å². The molecule has 0 radical (unpaired) electrons. The highest BCUT2D eigenvalue weighted by Crippen LogP contribution is 2.29. The lowest BCUT2D eigenvalue weighted by atomic mass is 10.1. The summed E-state index contributed by atoms with van der Waals surface area (Å²) in [6, 6.07) is 9.75. The quantitative estimate of drug-likeness (QED) is 0.660. The van der Waals surface area contributed by atoms with E-state index in [1.807, 2.05) is 4.90 Å². The number of piperazine rings is 1. The van der Waals surface area contributed by atoms with E-state index in [0.29, 0.717) is 25.1 Å². The molecule has 2 aromatic heterocycles. The van der Waals surface area contributed by atoms with Gasteiger partial charge in [0.05, 0.1) is 10.3 Å². The first-order valence-electron chi connectivity index (χ1n) is 10.1. The summed E-state index contributed by atoms with van der Waals surface area (Å²) in [4.78, 5) is 19.3. The van der Waals surface area contributed by atoms with E-state index < -0.39 is 0 Å². The molecule has 0 atom stereocenters. The Morgan fingerprint density at radius 3 is 2.72 bits per heavy atom. The van der Waals surface area contributed by atoms with Gasteiger partial charge in [0.2, 0.25) is 0 Å². The molecule has 0 unspecified atom stereocenters. The standard InChI is InChI=1S/C21H24FN5OS/c1-24-17-6-7-27(21(28)16(17)14-19(24)22)13-10-25-8-11-26(12-9-25)20-15-4-2-3-5-18(15)29-23-20/h2-5,14H,6-13H2,1H3. The van der Waals surface area contributed by atoms with Crippen molar-refractivity contribution < 1.29 is 9.18 Å². The maximum Gasteiger partial charge on any atom is 0.255 e. The van der Waals surface area contributed by atoms with Gasteiger partial charge in [-0.3, -0.25) is 9.69 Å². The molecule has 8 heteroatoms. The van der Waals surface area contributed by atoms with Crippen LogP contribution in [0, 0.1) is 5.95 Å². The molecule has 1 aromatic carbocycles. The molecule has 4 heterocycles. The van der Waals surface area contributed by atoms with Crippen molar-refractivity contribution in [3.05, 3.63) is 47.5 Å². The molecule has 3 aromatic rings. The van der Waals surface area contributed by atoms with Gasteiger partial charge in [-0.05, 0) is 23.7 Å². The molecule has 0 bridgehead atoms. The van der Waals surface area contributed by atoms with Gasteiger partial charge in [0.15, 0.2) is 5.95 Å². The van der Waals surface area contributed by atoms with E-state index in [4.69, 9.17) is 0 Å². The SMILES string of the molecule is Cn1c(F)cc2c1CCN(CCN1CCN(c3nsc4ccccc34)CC1)C2=O. The van der Waals surface area contributed by atoms with Gasteiger partial charge in [-0.15, -0.1) is 0 Å². The van der Waals surface area contributed by atoms with Crippen molar-refractivity contribution >= 4 is 33.3 Å².